The van der Waals surface area contributed by atoms with Gasteiger partial charge in [0.15, 0.2) is 5.78 Å². The highest BCUT2D eigenvalue weighted by Crippen LogP contribution is 2.41. The molecule has 1 amide bonds. The Hall–Kier alpha value is -1.07. The molecule has 17 heavy (non-hydrogen) atoms. The molecule has 1 aromatic carbocycles. The van der Waals surface area contributed by atoms with Gasteiger partial charge in [0.2, 0.25) is 0 Å². The zero-order valence-corrected chi connectivity index (χ0v) is 11.5. The first-order valence-electron chi connectivity index (χ1n) is 5.01. The lowest BCUT2D eigenvalue weighted by molar-refractivity contribution is -0.115. The third-order valence-corrected chi connectivity index (χ3v) is 4.10. The number of carbonyl (C=O) groups excluding carboxylic acids is 2. The molecule has 0 aliphatic carbocycles. The second-order valence-electron chi connectivity index (χ2n) is 3.54. The predicted molar refractivity (Wildman–Crippen MR) is 73.0 cm³/mol. The summed E-state index contributed by atoms with van der Waals surface area (Å²) in [6.07, 6.45) is 1.48. The van der Waals surface area contributed by atoms with Gasteiger partial charge in [-0.05, 0) is 19.1 Å². The molecule has 0 aromatic heterocycles. The van der Waals surface area contributed by atoms with E-state index < -0.39 is 0 Å². The van der Waals surface area contributed by atoms with Crippen LogP contribution in [0.1, 0.15) is 6.92 Å². The van der Waals surface area contributed by atoms with E-state index in [0.717, 1.165) is 5.69 Å². The van der Waals surface area contributed by atoms with Crippen LogP contribution >= 0.6 is 27.7 Å². The van der Waals surface area contributed by atoms with E-state index in [1.807, 2.05) is 30.3 Å². The molecule has 0 saturated carbocycles. The van der Waals surface area contributed by atoms with Gasteiger partial charge in [-0.2, -0.15) is 0 Å². The van der Waals surface area contributed by atoms with E-state index in [9.17, 15) is 9.59 Å². The quantitative estimate of drug-likeness (QED) is 0.622. The third-order valence-electron chi connectivity index (χ3n) is 2.20. The number of alkyl halides is 1. The summed E-state index contributed by atoms with van der Waals surface area (Å²) < 4.78 is -0.326. The lowest BCUT2D eigenvalue weighted by Crippen LogP contribution is -2.26. The Morgan fingerprint density at radius 1 is 1.41 bits per heavy atom. The third kappa shape index (κ3) is 2.61. The van der Waals surface area contributed by atoms with Gasteiger partial charge >= 0.3 is 0 Å². The highest BCUT2D eigenvalue weighted by Gasteiger charge is 2.35. The predicted octanol–water partition coefficient (Wildman–Crippen LogP) is 2.92. The van der Waals surface area contributed by atoms with E-state index in [4.69, 9.17) is 0 Å². The number of rotatable bonds is 2. The molecule has 1 heterocycles. The minimum absolute atomic E-state index is 0.0614. The van der Waals surface area contributed by atoms with E-state index in [1.54, 1.807) is 4.90 Å². The highest BCUT2D eigenvalue weighted by molar-refractivity contribution is 9.11. The number of carbonyl (C=O) groups is 2. The lowest BCUT2D eigenvalue weighted by atomic mass is 10.3. The fourth-order valence-electron chi connectivity index (χ4n) is 1.52. The smallest absolute Gasteiger partial charge is 0.256 e. The van der Waals surface area contributed by atoms with Crippen LogP contribution in [0, 0.1) is 0 Å². The highest BCUT2D eigenvalue weighted by atomic mass is 79.9. The van der Waals surface area contributed by atoms with Crippen molar-refractivity contribution in [2.24, 2.45) is 0 Å². The molecule has 1 saturated heterocycles. The maximum absolute atomic E-state index is 12.0. The van der Waals surface area contributed by atoms with Gasteiger partial charge in [-0.15, -0.1) is 0 Å². The Labute approximate surface area is 112 Å². The number of para-hydroxylation sites is 1. The van der Waals surface area contributed by atoms with Gasteiger partial charge in [0.25, 0.3) is 5.91 Å². The molecule has 1 fully saturated rings. The molecule has 0 bridgehead atoms. The Bertz CT molecular complexity index is 487. The molecule has 0 radical (unpaired) electrons. The molecule has 1 atom stereocenters. The van der Waals surface area contributed by atoms with Crippen molar-refractivity contribution in [3.8, 4) is 0 Å². The summed E-state index contributed by atoms with van der Waals surface area (Å²) >= 11 is 4.63. The molecular formula is C12H10BrNO2S. The van der Waals surface area contributed by atoms with Gasteiger partial charge in [0.05, 0.1) is 5.03 Å². The molecule has 1 unspecified atom stereocenters. The lowest BCUT2D eigenvalue weighted by Gasteiger charge is -2.16. The van der Waals surface area contributed by atoms with Crippen molar-refractivity contribution >= 4 is 45.1 Å². The molecule has 3 nitrogen and oxygen atoms in total. The zero-order chi connectivity index (χ0) is 12.4. The second kappa shape index (κ2) is 5.06. The first-order valence-corrected chi connectivity index (χ1v) is 6.81. The summed E-state index contributed by atoms with van der Waals surface area (Å²) in [4.78, 5) is 24.7. The standard InChI is InChI=1S/C12H10BrNO2S/c1-8(15)7-10-14(12(16)11(13)17-10)9-5-3-2-4-6-9/h2-7,11H,1H3. The maximum Gasteiger partial charge on any atom is 0.256 e. The van der Waals surface area contributed by atoms with Crippen LogP contribution in [0.2, 0.25) is 0 Å². The number of halogens is 1. The molecule has 1 aliphatic heterocycles. The van der Waals surface area contributed by atoms with E-state index in [-0.39, 0.29) is 15.8 Å². The van der Waals surface area contributed by atoms with Crippen LogP contribution in [0.5, 0.6) is 0 Å². The largest absolute Gasteiger partial charge is 0.295 e. The number of ketones is 1. The number of thioether (sulfide) groups is 1. The normalized spacial score (nSPS) is 22.2. The van der Waals surface area contributed by atoms with Gasteiger partial charge in [-0.3, -0.25) is 14.5 Å². The number of hydrogen-bond donors (Lipinski definition) is 0. The van der Waals surface area contributed by atoms with Crippen molar-refractivity contribution in [3.63, 3.8) is 0 Å². The number of benzene rings is 1. The van der Waals surface area contributed by atoms with Crippen molar-refractivity contribution in [3.05, 3.63) is 41.4 Å². The summed E-state index contributed by atoms with van der Waals surface area (Å²) in [5.41, 5.74) is 0.777. The topological polar surface area (TPSA) is 37.4 Å². The van der Waals surface area contributed by atoms with Crippen LogP contribution in [-0.4, -0.2) is 15.8 Å². The molecular weight excluding hydrogens is 302 g/mol. The summed E-state index contributed by atoms with van der Waals surface area (Å²) in [5.74, 6) is -0.128. The average Bonchev–Trinajstić information content (AvgIpc) is 2.55. The van der Waals surface area contributed by atoms with Gasteiger partial charge in [0.1, 0.15) is 4.16 Å². The molecule has 88 valence electrons. The van der Waals surface area contributed by atoms with Gasteiger partial charge in [-0.1, -0.05) is 45.9 Å². The minimum Gasteiger partial charge on any atom is -0.295 e. The van der Waals surface area contributed by atoms with Crippen LogP contribution in [0.3, 0.4) is 0 Å². The van der Waals surface area contributed by atoms with Crippen molar-refractivity contribution < 1.29 is 9.59 Å². The first-order chi connectivity index (χ1) is 8.09. The Kier molecular flexibility index (Phi) is 3.69. The van der Waals surface area contributed by atoms with Crippen LogP contribution in [-0.2, 0) is 9.59 Å². The summed E-state index contributed by atoms with van der Waals surface area (Å²) in [6, 6.07) is 9.30. The van der Waals surface area contributed by atoms with Gasteiger partial charge in [-0.25, -0.2) is 0 Å². The second-order valence-corrected chi connectivity index (χ2v) is 6.18. The van der Waals surface area contributed by atoms with E-state index in [0.29, 0.717) is 5.03 Å². The fourth-order valence-corrected chi connectivity index (χ4v) is 3.26. The fraction of sp³-hybridized carbons (Fsp3) is 0.167. The number of anilines is 1. The SMILES string of the molecule is CC(=O)C=C1SC(Br)C(=O)N1c1ccccc1. The molecule has 2 rings (SSSR count). The van der Waals surface area contributed by atoms with Crippen molar-refractivity contribution in [2.45, 2.75) is 11.1 Å². The van der Waals surface area contributed by atoms with E-state index in [2.05, 4.69) is 15.9 Å². The monoisotopic (exact) mass is 311 g/mol. The molecule has 5 heteroatoms. The van der Waals surface area contributed by atoms with Gasteiger partial charge in [0, 0.05) is 11.8 Å². The molecule has 0 N–H and O–H groups in total. The average molecular weight is 312 g/mol. The van der Waals surface area contributed by atoms with Gasteiger partial charge < -0.3 is 0 Å². The van der Waals surface area contributed by atoms with Crippen LogP contribution < -0.4 is 4.90 Å². The number of allylic oxidation sites excluding steroid dienone is 1. The Morgan fingerprint density at radius 2 is 2.06 bits per heavy atom. The molecule has 1 aliphatic rings. The van der Waals surface area contributed by atoms with Crippen molar-refractivity contribution in [1.29, 1.82) is 0 Å². The number of hydrogen-bond acceptors (Lipinski definition) is 3. The van der Waals surface area contributed by atoms with E-state index >= 15 is 0 Å². The van der Waals surface area contributed by atoms with Crippen LogP contribution in [0.4, 0.5) is 5.69 Å². The van der Waals surface area contributed by atoms with Crippen LogP contribution in [0.25, 0.3) is 0 Å². The Morgan fingerprint density at radius 3 is 2.65 bits per heavy atom. The number of amides is 1. The van der Waals surface area contributed by atoms with E-state index in [1.165, 1.54) is 24.8 Å². The van der Waals surface area contributed by atoms with Crippen molar-refractivity contribution in [1.82, 2.24) is 0 Å². The molecule has 1 aromatic rings. The first kappa shape index (κ1) is 12.4. The Balaban J connectivity index is 2.42. The molecule has 0 spiro atoms. The maximum atomic E-state index is 12.0. The van der Waals surface area contributed by atoms with Crippen LogP contribution in [0.15, 0.2) is 41.4 Å². The summed E-state index contributed by atoms with van der Waals surface area (Å²) in [7, 11) is 0. The summed E-state index contributed by atoms with van der Waals surface area (Å²) in [6.45, 7) is 1.47. The summed E-state index contributed by atoms with van der Waals surface area (Å²) in [5, 5.41) is 0.663. The van der Waals surface area contributed by atoms with Crippen molar-refractivity contribution in [2.75, 3.05) is 4.90 Å². The minimum atomic E-state index is -0.326. The number of nitrogens with zero attached hydrogens (tertiary/aromatic N) is 1. The zero-order valence-electron chi connectivity index (χ0n) is 9.09.